The first-order chi connectivity index (χ1) is 43.6. The van der Waals surface area contributed by atoms with Gasteiger partial charge in [0.2, 0.25) is 59.1 Å². The summed E-state index contributed by atoms with van der Waals surface area (Å²) in [6, 6.07) is 1.50. The lowest BCUT2D eigenvalue weighted by Gasteiger charge is -2.30. The van der Waals surface area contributed by atoms with Gasteiger partial charge in [-0.2, -0.15) is 0 Å². The van der Waals surface area contributed by atoms with Crippen LogP contribution >= 0.6 is 0 Å². The van der Waals surface area contributed by atoms with E-state index in [9.17, 15) is 58.2 Å². The number of aromatic hydroxyl groups is 1. The molecule has 19 N–H and O–H groups in total. The molecule has 2 saturated heterocycles. The average Bonchev–Trinajstić information content (AvgIpc) is 1.72. The van der Waals surface area contributed by atoms with Gasteiger partial charge in [0.05, 0.1) is 12.9 Å². The number of rotatable bonds is 30. The molecule has 6 rings (SSSR count). The summed E-state index contributed by atoms with van der Waals surface area (Å²) in [5.41, 5.74) is 13.2. The second-order valence-corrected chi connectivity index (χ2v) is 22.4. The van der Waals surface area contributed by atoms with E-state index in [-0.39, 0.29) is 93.9 Å². The molecular weight excluding hydrogens is 1200 g/mol. The van der Waals surface area contributed by atoms with E-state index < -0.39 is 120 Å². The summed E-state index contributed by atoms with van der Waals surface area (Å²) in [6.07, 6.45) is 5.75. The van der Waals surface area contributed by atoms with Crippen molar-refractivity contribution in [2.45, 2.75) is 160 Å². The number of fused-ring (bicyclic) bond motifs is 1. The van der Waals surface area contributed by atoms with Crippen LogP contribution in [-0.4, -0.2) is 198 Å². The van der Waals surface area contributed by atoms with Gasteiger partial charge in [0.15, 0.2) is 5.96 Å². The number of hydrogen-bond acceptors (Lipinski definition) is 16. The highest BCUT2D eigenvalue weighted by atomic mass is 16.4. The second-order valence-electron chi connectivity index (χ2n) is 22.4. The smallest absolute Gasteiger partial charge is 0.300 e. The van der Waals surface area contributed by atoms with Crippen molar-refractivity contribution >= 4 is 87.9 Å². The first-order valence-corrected chi connectivity index (χ1v) is 30.0. The zero-order valence-electron chi connectivity index (χ0n) is 52.2. The second kappa shape index (κ2) is 37.1. The number of aromatic nitrogens is 3. The number of guanidine groups is 1. The predicted molar refractivity (Wildman–Crippen MR) is 333 cm³/mol. The number of benzene rings is 2. The zero-order chi connectivity index (χ0) is 68.2. The van der Waals surface area contributed by atoms with Gasteiger partial charge in [-0.1, -0.05) is 44.2 Å². The molecule has 2 fully saturated rings. The molecule has 0 saturated carbocycles. The number of amides is 10. The van der Waals surface area contributed by atoms with Crippen LogP contribution in [0, 0.1) is 5.92 Å². The van der Waals surface area contributed by atoms with E-state index in [4.69, 9.17) is 31.3 Å². The Labute approximate surface area is 530 Å². The first kappa shape index (κ1) is 74.3. The van der Waals surface area contributed by atoms with Gasteiger partial charge in [-0.15, -0.1) is 0 Å². The van der Waals surface area contributed by atoms with Gasteiger partial charge in [0, 0.05) is 88.2 Å². The topological polar surface area (TPSA) is 506 Å². The van der Waals surface area contributed by atoms with Crippen LogP contribution in [0.1, 0.15) is 103 Å². The van der Waals surface area contributed by atoms with Gasteiger partial charge in [0.25, 0.3) is 11.9 Å². The Morgan fingerprint density at radius 2 is 1.28 bits per heavy atom. The van der Waals surface area contributed by atoms with Gasteiger partial charge >= 0.3 is 0 Å². The highest BCUT2D eigenvalue weighted by Crippen LogP contribution is 2.22. The summed E-state index contributed by atoms with van der Waals surface area (Å²) in [5.74, 6) is -9.09. The van der Waals surface area contributed by atoms with E-state index in [1.807, 2.05) is 19.9 Å². The average molecular weight is 1290 g/mol. The number of nitrogens with two attached hydrogens (primary N) is 2. The summed E-state index contributed by atoms with van der Waals surface area (Å²) in [4.78, 5) is 171. The molecule has 4 aromatic rings. The molecule has 2 aromatic carbocycles. The van der Waals surface area contributed by atoms with E-state index in [1.54, 1.807) is 31.3 Å². The number of aliphatic carboxylic acids is 2. The lowest BCUT2D eigenvalue weighted by molar-refractivity contribution is -0.142. The molecule has 32 nitrogen and oxygen atoms in total. The van der Waals surface area contributed by atoms with Gasteiger partial charge in [-0.25, -0.2) is 4.98 Å². The molecule has 2 aromatic heterocycles. The van der Waals surface area contributed by atoms with Crippen LogP contribution in [0.2, 0.25) is 0 Å². The number of carboxylic acid groups (broad SMARTS) is 2. The van der Waals surface area contributed by atoms with Crippen molar-refractivity contribution in [3.05, 3.63) is 84.1 Å². The van der Waals surface area contributed by atoms with E-state index >= 15 is 0 Å². The van der Waals surface area contributed by atoms with Crippen LogP contribution in [0.5, 0.6) is 5.75 Å². The Balaban J connectivity index is 0.00000213. The molecule has 2 aliphatic rings. The minimum atomic E-state index is -1.75. The molecule has 10 amide bonds. The largest absolute Gasteiger partial charge is 0.508 e. The van der Waals surface area contributed by atoms with Crippen molar-refractivity contribution in [3.8, 4) is 5.75 Å². The van der Waals surface area contributed by atoms with Crippen LogP contribution in [-0.2, 0) is 76.8 Å². The van der Waals surface area contributed by atoms with Crippen LogP contribution in [0.25, 0.3) is 10.9 Å². The molecule has 4 heterocycles. The van der Waals surface area contributed by atoms with Crippen molar-refractivity contribution in [3.63, 3.8) is 0 Å². The molecule has 0 bridgehead atoms. The molecule has 0 radical (unpaired) electrons. The Hall–Kier alpha value is -10.1. The Morgan fingerprint density at radius 1 is 0.707 bits per heavy atom. The van der Waals surface area contributed by atoms with Crippen LogP contribution in [0.3, 0.4) is 0 Å². The number of carbonyl (C=O) groups is 12. The SMILES string of the molecule is CC(=O)O.CC(=O)O.CCNC(=O)[C@@H]1CCCN1C(=O)[C@H](CCCN=C(N)N)NC(=O)[C@H](CC(C)C)NC(=O)[C@@H](C)NC(=O)[C@H](Cc1ccc(O)cc1)NC(=O)[C@H](CO)NC(=O)[C@H](Cc1c[nH]c2ccccc12)NC(=O)[C@H](Cc1cnc[nH]1)NC(=O)[C@@H]1CCC(=O)N1. The number of H-pyrrole nitrogens is 2. The highest BCUT2D eigenvalue weighted by molar-refractivity contribution is 5.99. The molecule has 0 aliphatic carbocycles. The maximum absolute atomic E-state index is 14.5. The Kier molecular flexibility index (Phi) is 30.0. The number of nitrogens with one attached hydrogen (secondary N) is 11. The Morgan fingerprint density at radius 3 is 1.87 bits per heavy atom. The van der Waals surface area contributed by atoms with Crippen molar-refractivity contribution in [2.24, 2.45) is 22.4 Å². The van der Waals surface area contributed by atoms with Gasteiger partial charge in [-0.3, -0.25) is 62.5 Å². The summed E-state index contributed by atoms with van der Waals surface area (Å²) in [7, 11) is 0. The lowest BCUT2D eigenvalue weighted by atomic mass is 10.0. The number of likely N-dealkylation sites (N-methyl/N-ethyl adjacent to an activating group) is 1. The van der Waals surface area contributed by atoms with Crippen molar-refractivity contribution in [2.75, 3.05) is 26.2 Å². The number of carbonyl (C=O) groups excluding carboxylic acids is 10. The molecule has 502 valence electrons. The summed E-state index contributed by atoms with van der Waals surface area (Å²) >= 11 is 0. The summed E-state index contributed by atoms with van der Waals surface area (Å²) < 4.78 is 0. The number of aromatic amines is 2. The molecule has 0 spiro atoms. The quantitative estimate of drug-likeness (QED) is 0.0149. The molecule has 2 aliphatic heterocycles. The number of phenolic OH excluding ortho intramolecular Hbond substituents is 1. The fourth-order valence-corrected chi connectivity index (χ4v) is 9.93. The first-order valence-electron chi connectivity index (χ1n) is 30.0. The normalized spacial score (nSPS) is 16.3. The van der Waals surface area contributed by atoms with Crippen molar-refractivity contribution in [1.29, 1.82) is 0 Å². The minimum absolute atomic E-state index is 0.0879. The van der Waals surface area contributed by atoms with Crippen LogP contribution in [0.4, 0.5) is 0 Å². The maximum atomic E-state index is 14.5. The number of para-hydroxylation sites is 1. The third kappa shape index (κ3) is 24.7. The molecule has 92 heavy (non-hydrogen) atoms. The van der Waals surface area contributed by atoms with Crippen molar-refractivity contribution in [1.82, 2.24) is 67.7 Å². The maximum Gasteiger partial charge on any atom is 0.300 e. The summed E-state index contributed by atoms with van der Waals surface area (Å²) in [6.45, 7) is 8.69. The number of imidazole rings is 1. The highest BCUT2D eigenvalue weighted by Gasteiger charge is 2.39. The molecular formula is C60H86N16O16. The third-order valence-electron chi connectivity index (χ3n) is 14.3. The number of nitrogens with zero attached hydrogens (tertiary/aromatic N) is 3. The minimum Gasteiger partial charge on any atom is -0.508 e. The fourth-order valence-electron chi connectivity index (χ4n) is 9.93. The standard InChI is InChI=1S/C56H78N16O12.2C2H4O2/c1-5-60-54(83)45-13-9-21-72(45)55(84)39(12-8-20-61-56(57)58)66-50(79)40(22-30(2)3)67-47(76)31(4)64-49(78)41(23-32-14-16-35(74)17-15-32)68-53(82)44(28-73)71-51(80)42(24-33-26-62-37-11-7-6-10-36(33)37)69-52(81)43(25-34-27-59-29-63-34)70-48(77)38-18-19-46(75)65-38;2*1-2(3)4/h6-7,10-11,14-17,26-27,29-31,38-45,62,73-74H,5,8-9,12-13,18-25,28H2,1-4H3,(H,59,63)(H,60,83)(H,64,78)(H,65,75)(H,66,79)(H,67,76)(H,68,82)(H,69,81)(H,70,77)(H,71,80)(H4,57,58,61);2*1H3,(H,3,4)/t31-,38+,39+,40+,41+,42+,43+,44+,45+;;/m1../s1. The number of aliphatic hydroxyl groups excluding tert-OH is 1. The van der Waals surface area contributed by atoms with Gasteiger partial charge in [-0.05, 0) is 87.6 Å². The number of aliphatic imine (C=N–C) groups is 1. The number of carboxylic acids is 2. The van der Waals surface area contributed by atoms with Crippen LogP contribution < -0.4 is 59.3 Å². The number of likely N-dealkylation sites (tertiary alicyclic amines) is 1. The Bertz CT molecular complexity index is 3190. The fraction of sp³-hybridized carbons (Fsp3) is 0.500. The van der Waals surface area contributed by atoms with E-state index in [0.717, 1.165) is 19.4 Å². The van der Waals surface area contributed by atoms with Gasteiger partial charge < -0.3 is 94.6 Å². The third-order valence-corrected chi connectivity index (χ3v) is 14.3. The van der Waals surface area contributed by atoms with E-state index in [0.29, 0.717) is 41.6 Å². The molecule has 32 heteroatoms. The number of hydrogen-bond donors (Lipinski definition) is 17. The van der Waals surface area contributed by atoms with Gasteiger partial charge in [0.1, 0.15) is 60.1 Å². The monoisotopic (exact) mass is 1290 g/mol. The zero-order valence-corrected chi connectivity index (χ0v) is 52.2. The predicted octanol–water partition coefficient (Wildman–Crippen LogP) is -2.28. The lowest BCUT2D eigenvalue weighted by Crippen LogP contribution is -2.61. The molecule has 0 unspecified atom stereocenters. The molecule has 9 atom stereocenters. The summed E-state index contributed by atoms with van der Waals surface area (Å²) in [5, 5.41) is 60.1. The van der Waals surface area contributed by atoms with Crippen molar-refractivity contribution < 1.29 is 78.0 Å². The van der Waals surface area contributed by atoms with E-state index in [1.165, 1.54) is 48.6 Å². The number of phenols is 1. The van der Waals surface area contributed by atoms with Crippen LogP contribution in [0.15, 0.2) is 72.2 Å². The number of aliphatic hydroxyl groups is 1. The van der Waals surface area contributed by atoms with E-state index in [2.05, 4.69) is 67.8 Å².